The summed E-state index contributed by atoms with van der Waals surface area (Å²) in [5.41, 5.74) is -0.580. The van der Waals surface area contributed by atoms with Gasteiger partial charge in [0.2, 0.25) is 10.0 Å². The maximum Gasteiger partial charge on any atom is 0.271 e. The van der Waals surface area contributed by atoms with Crippen LogP contribution in [-0.2, 0) is 10.0 Å². The highest BCUT2D eigenvalue weighted by molar-refractivity contribution is 7.89. The van der Waals surface area contributed by atoms with E-state index in [9.17, 15) is 23.3 Å². The Kier molecular flexibility index (Phi) is 4.79. The topological polar surface area (TPSA) is 124 Å². The van der Waals surface area contributed by atoms with Gasteiger partial charge in [0.15, 0.2) is 0 Å². The third-order valence-electron chi connectivity index (χ3n) is 2.58. The normalized spacial score (nSPS) is 11.2. The smallest absolute Gasteiger partial charge is 0.271 e. The Balaban J connectivity index is 3.37. The van der Waals surface area contributed by atoms with Gasteiger partial charge in [-0.25, -0.2) is 13.6 Å². The maximum atomic E-state index is 12.1. The van der Waals surface area contributed by atoms with Crippen molar-refractivity contribution in [1.82, 2.24) is 4.90 Å². The number of sulfonamides is 1. The van der Waals surface area contributed by atoms with Crippen LogP contribution >= 0.6 is 0 Å². The van der Waals surface area contributed by atoms with Gasteiger partial charge in [-0.05, 0) is 12.5 Å². The second-order valence-electron chi connectivity index (χ2n) is 4.24. The van der Waals surface area contributed by atoms with E-state index in [4.69, 9.17) is 5.14 Å². The van der Waals surface area contributed by atoms with E-state index >= 15 is 0 Å². The van der Waals surface area contributed by atoms with E-state index in [1.54, 1.807) is 0 Å². The van der Waals surface area contributed by atoms with Crippen LogP contribution in [0.2, 0.25) is 0 Å². The Morgan fingerprint density at radius 3 is 2.45 bits per heavy atom. The fourth-order valence-electron chi connectivity index (χ4n) is 1.63. The van der Waals surface area contributed by atoms with Crippen molar-refractivity contribution in [3.05, 3.63) is 33.9 Å². The Morgan fingerprint density at radius 1 is 1.40 bits per heavy atom. The van der Waals surface area contributed by atoms with E-state index < -0.39 is 31.4 Å². The van der Waals surface area contributed by atoms with Gasteiger partial charge in [-0.1, -0.05) is 6.92 Å². The third-order valence-corrected chi connectivity index (χ3v) is 3.48. The van der Waals surface area contributed by atoms with E-state index in [-0.39, 0.29) is 5.56 Å². The highest BCUT2D eigenvalue weighted by atomic mass is 32.2. The fraction of sp³-hybridized carbons (Fsp3) is 0.364. The van der Waals surface area contributed by atoms with Crippen molar-refractivity contribution >= 4 is 21.6 Å². The molecular weight excluding hydrogens is 286 g/mol. The van der Waals surface area contributed by atoms with Gasteiger partial charge < -0.3 is 4.90 Å². The Morgan fingerprint density at radius 2 is 2.00 bits per heavy atom. The minimum absolute atomic E-state index is 0.0841. The molecule has 0 aliphatic carbocycles. The summed E-state index contributed by atoms with van der Waals surface area (Å²) in [4.78, 5) is 23.0. The number of benzene rings is 1. The van der Waals surface area contributed by atoms with Gasteiger partial charge in [0.1, 0.15) is 0 Å². The van der Waals surface area contributed by atoms with Gasteiger partial charge in [-0.3, -0.25) is 14.9 Å². The molecule has 1 rings (SSSR count). The molecule has 0 saturated heterocycles. The lowest BCUT2D eigenvalue weighted by Crippen LogP contribution is -2.27. The first-order valence-corrected chi connectivity index (χ1v) is 7.29. The zero-order valence-corrected chi connectivity index (χ0v) is 11.9. The number of nitrogens with two attached hydrogens (primary N) is 1. The van der Waals surface area contributed by atoms with Crippen molar-refractivity contribution in [1.29, 1.82) is 0 Å². The number of hydrogen-bond acceptors (Lipinski definition) is 5. The van der Waals surface area contributed by atoms with Crippen LogP contribution in [0, 0.1) is 10.1 Å². The minimum atomic E-state index is -4.13. The summed E-state index contributed by atoms with van der Waals surface area (Å²) in [5.74, 6) is -0.500. The number of nitro groups is 1. The van der Waals surface area contributed by atoms with Crippen LogP contribution in [0.1, 0.15) is 23.7 Å². The van der Waals surface area contributed by atoms with Gasteiger partial charge in [-0.2, -0.15) is 0 Å². The zero-order valence-electron chi connectivity index (χ0n) is 11.1. The van der Waals surface area contributed by atoms with Crippen molar-refractivity contribution in [3.8, 4) is 0 Å². The average molecular weight is 301 g/mol. The molecule has 0 bridgehead atoms. The van der Waals surface area contributed by atoms with Crippen LogP contribution in [0.25, 0.3) is 0 Å². The van der Waals surface area contributed by atoms with E-state index in [1.165, 1.54) is 11.9 Å². The second kappa shape index (κ2) is 5.97. The Labute approximate surface area is 116 Å². The quantitative estimate of drug-likeness (QED) is 0.634. The van der Waals surface area contributed by atoms with E-state index in [0.29, 0.717) is 13.0 Å². The van der Waals surface area contributed by atoms with Crippen LogP contribution in [0.15, 0.2) is 23.1 Å². The molecule has 0 saturated carbocycles. The second-order valence-corrected chi connectivity index (χ2v) is 5.81. The molecule has 0 aromatic heterocycles. The third kappa shape index (κ3) is 3.75. The first kappa shape index (κ1) is 16.1. The molecule has 0 spiro atoms. The van der Waals surface area contributed by atoms with Gasteiger partial charge in [0.25, 0.3) is 11.6 Å². The highest BCUT2D eigenvalue weighted by Crippen LogP contribution is 2.21. The predicted octanol–water partition coefficient (Wildman–Crippen LogP) is 0.724. The number of amides is 1. The van der Waals surface area contributed by atoms with Crippen LogP contribution < -0.4 is 5.14 Å². The zero-order chi connectivity index (χ0) is 15.5. The van der Waals surface area contributed by atoms with E-state index in [1.807, 2.05) is 6.92 Å². The van der Waals surface area contributed by atoms with Crippen LogP contribution in [0.3, 0.4) is 0 Å². The number of carbonyl (C=O) groups excluding carboxylic acids is 1. The number of non-ortho nitro benzene ring substituents is 1. The number of primary sulfonamides is 1. The molecule has 1 amide bonds. The lowest BCUT2D eigenvalue weighted by atomic mass is 10.1. The first-order chi connectivity index (χ1) is 9.16. The van der Waals surface area contributed by atoms with Crippen LogP contribution in [0.5, 0.6) is 0 Å². The molecule has 20 heavy (non-hydrogen) atoms. The molecule has 0 atom stereocenters. The number of nitrogens with zero attached hydrogens (tertiary/aromatic N) is 2. The van der Waals surface area contributed by atoms with Crippen molar-refractivity contribution in [2.75, 3.05) is 13.6 Å². The van der Waals surface area contributed by atoms with Crippen molar-refractivity contribution in [2.24, 2.45) is 5.14 Å². The predicted molar refractivity (Wildman–Crippen MR) is 71.7 cm³/mol. The lowest BCUT2D eigenvalue weighted by Gasteiger charge is -2.16. The average Bonchev–Trinajstić information content (AvgIpc) is 2.36. The monoisotopic (exact) mass is 301 g/mol. The molecule has 110 valence electrons. The molecule has 0 fully saturated rings. The summed E-state index contributed by atoms with van der Waals surface area (Å²) < 4.78 is 22.6. The molecule has 9 heteroatoms. The molecular formula is C11H15N3O5S. The van der Waals surface area contributed by atoms with Gasteiger partial charge in [0, 0.05) is 31.3 Å². The molecule has 1 aromatic rings. The van der Waals surface area contributed by atoms with Gasteiger partial charge in [-0.15, -0.1) is 0 Å². The number of hydrogen-bond donors (Lipinski definition) is 1. The van der Waals surface area contributed by atoms with Gasteiger partial charge >= 0.3 is 0 Å². The summed E-state index contributed by atoms with van der Waals surface area (Å²) in [6.45, 7) is 2.32. The standard InChI is InChI=1S/C11H15N3O5S/c1-3-4-13(2)11(15)8-5-9(14(16)17)7-10(6-8)20(12,18)19/h5-7H,3-4H2,1-2H3,(H2,12,18,19). The SMILES string of the molecule is CCCN(C)C(=O)c1cc([N+](=O)[O-])cc(S(N)(=O)=O)c1. The van der Waals surface area contributed by atoms with Gasteiger partial charge in [0.05, 0.1) is 9.82 Å². The van der Waals surface area contributed by atoms with Crippen LogP contribution in [-0.4, -0.2) is 37.7 Å². The molecule has 0 aliphatic heterocycles. The Hall–Kier alpha value is -2.00. The van der Waals surface area contributed by atoms with Crippen molar-refractivity contribution in [2.45, 2.75) is 18.2 Å². The first-order valence-electron chi connectivity index (χ1n) is 5.74. The van der Waals surface area contributed by atoms with E-state index in [2.05, 4.69) is 0 Å². The lowest BCUT2D eigenvalue weighted by molar-refractivity contribution is -0.385. The highest BCUT2D eigenvalue weighted by Gasteiger charge is 2.20. The minimum Gasteiger partial charge on any atom is -0.342 e. The Bertz CT molecular complexity index is 641. The van der Waals surface area contributed by atoms with Crippen LogP contribution in [0.4, 0.5) is 5.69 Å². The molecule has 0 aliphatic rings. The summed E-state index contributed by atoms with van der Waals surface area (Å²) in [6.07, 6.45) is 0.708. The maximum absolute atomic E-state index is 12.1. The van der Waals surface area contributed by atoms with Crippen molar-refractivity contribution < 1.29 is 18.1 Å². The fourth-order valence-corrected chi connectivity index (χ4v) is 2.21. The number of nitro benzene ring substituents is 1. The van der Waals surface area contributed by atoms with E-state index in [0.717, 1.165) is 18.2 Å². The summed E-state index contributed by atoms with van der Waals surface area (Å²) >= 11 is 0. The summed E-state index contributed by atoms with van der Waals surface area (Å²) in [5, 5.41) is 15.7. The molecule has 1 aromatic carbocycles. The molecule has 0 heterocycles. The summed E-state index contributed by atoms with van der Waals surface area (Å²) in [6, 6.07) is 2.89. The molecule has 0 radical (unpaired) electrons. The summed E-state index contributed by atoms with van der Waals surface area (Å²) in [7, 11) is -2.60. The number of rotatable bonds is 5. The molecule has 2 N–H and O–H groups in total. The largest absolute Gasteiger partial charge is 0.342 e. The molecule has 0 unspecified atom stereocenters. The van der Waals surface area contributed by atoms with Crippen molar-refractivity contribution in [3.63, 3.8) is 0 Å². The number of carbonyl (C=O) groups is 1. The molecule has 8 nitrogen and oxygen atoms in total.